The molecule has 1 aromatic heterocycles. The molecule has 1 unspecified atom stereocenters. The quantitative estimate of drug-likeness (QED) is 0.782. The minimum absolute atomic E-state index is 0.156. The Kier molecular flexibility index (Phi) is 4.19. The van der Waals surface area contributed by atoms with E-state index in [4.69, 9.17) is 5.11 Å². The smallest absolute Gasteiger partial charge is 0.326 e. The summed E-state index contributed by atoms with van der Waals surface area (Å²) in [4.78, 5) is 26.4. The second-order valence-corrected chi connectivity index (χ2v) is 3.81. The van der Waals surface area contributed by atoms with E-state index in [1.165, 1.54) is 0 Å². The molecule has 7 heteroatoms. The normalized spacial score (nSPS) is 14.1. The molecular weight excluding hydrogens is 226 g/mol. The Morgan fingerprint density at radius 3 is 2.59 bits per heavy atom. The fourth-order valence-corrected chi connectivity index (χ4v) is 1.28. The second kappa shape index (κ2) is 5.42. The zero-order chi connectivity index (χ0) is 13.0. The van der Waals surface area contributed by atoms with Gasteiger partial charge in [-0.1, -0.05) is 25.4 Å². The van der Waals surface area contributed by atoms with Crippen LogP contribution < -0.4 is 5.32 Å². The number of carboxylic acid groups (broad SMARTS) is 1. The van der Waals surface area contributed by atoms with Crippen LogP contribution in [0.3, 0.4) is 0 Å². The SMILES string of the molecule is CCC(C)[C@H](NC(=O)c1noc(C)n1)C(=O)O. The van der Waals surface area contributed by atoms with Gasteiger partial charge >= 0.3 is 5.97 Å². The standard InChI is InChI=1S/C10H15N3O4/c1-4-5(2)7(10(15)16)12-9(14)8-11-6(3)17-13-8/h5,7H,4H2,1-3H3,(H,12,14)(H,15,16)/t5?,7-/m0/s1. The van der Waals surface area contributed by atoms with Crippen LogP contribution in [-0.4, -0.2) is 33.2 Å². The van der Waals surface area contributed by atoms with E-state index in [0.717, 1.165) is 0 Å². The first-order valence-electron chi connectivity index (χ1n) is 5.29. The summed E-state index contributed by atoms with van der Waals surface area (Å²) in [5.41, 5.74) is 0. The van der Waals surface area contributed by atoms with Gasteiger partial charge < -0.3 is 14.9 Å². The third kappa shape index (κ3) is 3.27. The number of carbonyl (C=O) groups is 2. The van der Waals surface area contributed by atoms with E-state index in [1.54, 1.807) is 13.8 Å². The monoisotopic (exact) mass is 241 g/mol. The van der Waals surface area contributed by atoms with Gasteiger partial charge in [0.05, 0.1) is 0 Å². The predicted molar refractivity (Wildman–Crippen MR) is 57.4 cm³/mol. The number of rotatable bonds is 5. The van der Waals surface area contributed by atoms with Crippen LogP contribution >= 0.6 is 0 Å². The molecule has 94 valence electrons. The molecule has 0 saturated heterocycles. The number of nitrogens with zero attached hydrogens (tertiary/aromatic N) is 2. The van der Waals surface area contributed by atoms with E-state index in [0.29, 0.717) is 6.42 Å². The van der Waals surface area contributed by atoms with Gasteiger partial charge in [-0.15, -0.1) is 0 Å². The number of nitrogens with one attached hydrogen (secondary N) is 1. The second-order valence-electron chi connectivity index (χ2n) is 3.81. The fourth-order valence-electron chi connectivity index (χ4n) is 1.28. The highest BCUT2D eigenvalue weighted by atomic mass is 16.5. The molecule has 1 rings (SSSR count). The Morgan fingerprint density at radius 2 is 2.18 bits per heavy atom. The summed E-state index contributed by atoms with van der Waals surface area (Å²) in [7, 11) is 0. The Bertz CT molecular complexity index is 415. The first kappa shape index (κ1) is 13.1. The van der Waals surface area contributed by atoms with Crippen LogP contribution in [0.25, 0.3) is 0 Å². The lowest BCUT2D eigenvalue weighted by molar-refractivity contribution is -0.140. The van der Waals surface area contributed by atoms with Crippen molar-refractivity contribution in [1.82, 2.24) is 15.5 Å². The largest absolute Gasteiger partial charge is 0.480 e. The first-order valence-corrected chi connectivity index (χ1v) is 5.29. The molecule has 0 aromatic carbocycles. The lowest BCUT2D eigenvalue weighted by Gasteiger charge is -2.18. The van der Waals surface area contributed by atoms with Crippen LogP contribution in [0.1, 0.15) is 36.8 Å². The summed E-state index contributed by atoms with van der Waals surface area (Å²) in [6.07, 6.45) is 0.641. The van der Waals surface area contributed by atoms with Crippen molar-refractivity contribution in [2.24, 2.45) is 5.92 Å². The van der Waals surface area contributed by atoms with Crippen LogP contribution in [0, 0.1) is 12.8 Å². The van der Waals surface area contributed by atoms with Crippen LogP contribution in [0.15, 0.2) is 4.52 Å². The maximum atomic E-state index is 11.6. The molecule has 1 amide bonds. The lowest BCUT2D eigenvalue weighted by Crippen LogP contribution is -2.45. The highest BCUT2D eigenvalue weighted by Gasteiger charge is 2.27. The number of hydrogen-bond donors (Lipinski definition) is 2. The molecular formula is C10H15N3O4. The number of hydrogen-bond acceptors (Lipinski definition) is 5. The summed E-state index contributed by atoms with van der Waals surface area (Å²) in [5, 5.41) is 14.8. The molecule has 1 heterocycles. The van der Waals surface area contributed by atoms with E-state index < -0.39 is 17.9 Å². The van der Waals surface area contributed by atoms with Gasteiger partial charge in [-0.05, 0) is 5.92 Å². The first-order chi connectivity index (χ1) is 7.95. The molecule has 0 spiro atoms. The van der Waals surface area contributed by atoms with E-state index in [9.17, 15) is 9.59 Å². The molecule has 0 radical (unpaired) electrons. The van der Waals surface area contributed by atoms with Crippen LogP contribution in [0.2, 0.25) is 0 Å². The fraction of sp³-hybridized carbons (Fsp3) is 0.600. The Morgan fingerprint density at radius 1 is 1.53 bits per heavy atom. The topological polar surface area (TPSA) is 105 Å². The summed E-state index contributed by atoms with van der Waals surface area (Å²) in [6, 6.07) is -0.952. The molecule has 0 saturated carbocycles. The number of aryl methyl sites for hydroxylation is 1. The molecule has 7 nitrogen and oxygen atoms in total. The molecule has 2 atom stereocenters. The van der Waals surface area contributed by atoms with Crippen molar-refractivity contribution < 1.29 is 19.2 Å². The third-order valence-electron chi connectivity index (χ3n) is 2.50. The average molecular weight is 241 g/mol. The molecule has 1 aromatic rings. The summed E-state index contributed by atoms with van der Waals surface area (Å²) in [6.45, 7) is 5.15. The number of amides is 1. The van der Waals surface area contributed by atoms with Gasteiger partial charge in [0.1, 0.15) is 6.04 Å². The molecule has 0 aliphatic rings. The third-order valence-corrected chi connectivity index (χ3v) is 2.50. The van der Waals surface area contributed by atoms with Crippen LogP contribution in [0.4, 0.5) is 0 Å². The maximum Gasteiger partial charge on any atom is 0.326 e. The van der Waals surface area contributed by atoms with Gasteiger partial charge in [-0.25, -0.2) is 4.79 Å². The highest BCUT2D eigenvalue weighted by molar-refractivity contribution is 5.93. The summed E-state index contributed by atoms with van der Waals surface area (Å²) < 4.78 is 4.65. The Labute approximate surface area is 98.2 Å². The predicted octanol–water partition coefficient (Wildman–Crippen LogP) is 0.607. The van der Waals surface area contributed by atoms with E-state index >= 15 is 0 Å². The molecule has 2 N–H and O–H groups in total. The number of aliphatic carboxylic acids is 1. The zero-order valence-electron chi connectivity index (χ0n) is 9.93. The van der Waals surface area contributed by atoms with Gasteiger partial charge in [0, 0.05) is 6.92 Å². The average Bonchev–Trinajstić information content (AvgIpc) is 2.71. The van der Waals surface area contributed by atoms with Gasteiger partial charge in [-0.3, -0.25) is 4.79 Å². The number of carboxylic acids is 1. The van der Waals surface area contributed by atoms with Gasteiger partial charge in [0.25, 0.3) is 11.7 Å². The van der Waals surface area contributed by atoms with E-state index in [-0.39, 0.29) is 17.6 Å². The van der Waals surface area contributed by atoms with Crippen molar-refractivity contribution in [2.45, 2.75) is 33.2 Å². The van der Waals surface area contributed by atoms with E-state index in [2.05, 4.69) is 20.0 Å². The lowest BCUT2D eigenvalue weighted by atomic mass is 9.99. The van der Waals surface area contributed by atoms with Gasteiger partial charge in [-0.2, -0.15) is 4.98 Å². The van der Waals surface area contributed by atoms with Gasteiger partial charge in [0.2, 0.25) is 5.89 Å². The van der Waals surface area contributed by atoms with Crippen molar-refractivity contribution in [1.29, 1.82) is 0 Å². The molecule has 17 heavy (non-hydrogen) atoms. The van der Waals surface area contributed by atoms with Crippen LogP contribution in [0.5, 0.6) is 0 Å². The molecule has 0 aliphatic carbocycles. The van der Waals surface area contributed by atoms with Crippen molar-refractivity contribution in [2.75, 3.05) is 0 Å². The minimum atomic E-state index is -1.08. The van der Waals surface area contributed by atoms with Gasteiger partial charge in [0.15, 0.2) is 0 Å². The highest BCUT2D eigenvalue weighted by Crippen LogP contribution is 2.08. The van der Waals surface area contributed by atoms with Crippen molar-refractivity contribution in [3.63, 3.8) is 0 Å². The minimum Gasteiger partial charge on any atom is -0.480 e. The summed E-state index contributed by atoms with van der Waals surface area (Å²) in [5.74, 6) is -1.80. The summed E-state index contributed by atoms with van der Waals surface area (Å²) >= 11 is 0. The Hall–Kier alpha value is -1.92. The van der Waals surface area contributed by atoms with Crippen LogP contribution in [-0.2, 0) is 4.79 Å². The Balaban J connectivity index is 2.74. The molecule has 0 bridgehead atoms. The number of aromatic nitrogens is 2. The molecule has 0 fully saturated rings. The maximum absolute atomic E-state index is 11.6. The zero-order valence-corrected chi connectivity index (χ0v) is 9.93. The van der Waals surface area contributed by atoms with Crippen molar-refractivity contribution in [3.8, 4) is 0 Å². The molecule has 0 aliphatic heterocycles. The van der Waals surface area contributed by atoms with Crippen molar-refractivity contribution >= 4 is 11.9 Å². The number of carbonyl (C=O) groups excluding carboxylic acids is 1. The van der Waals surface area contributed by atoms with Crippen molar-refractivity contribution in [3.05, 3.63) is 11.7 Å². The van der Waals surface area contributed by atoms with E-state index in [1.807, 2.05) is 6.92 Å².